The molecule has 0 bridgehead atoms. The van der Waals surface area contributed by atoms with Crippen molar-refractivity contribution in [1.82, 2.24) is 4.90 Å². The van der Waals surface area contributed by atoms with E-state index in [2.05, 4.69) is 0 Å². The maximum absolute atomic E-state index is 12.3. The number of nitrogens with zero attached hydrogens (tertiary/aromatic N) is 1. The maximum Gasteiger partial charge on any atom is 0.337 e. The van der Waals surface area contributed by atoms with Crippen LogP contribution in [0.15, 0.2) is 39.7 Å². The molecule has 1 aliphatic rings. The predicted octanol–water partition coefficient (Wildman–Crippen LogP) is 3.98. The summed E-state index contributed by atoms with van der Waals surface area (Å²) in [6, 6.07) is 7.80. The second-order valence-corrected chi connectivity index (χ2v) is 6.93. The Morgan fingerprint density at radius 2 is 2.11 bits per heavy atom. The van der Waals surface area contributed by atoms with E-state index in [4.69, 9.17) is 25.9 Å². The van der Waals surface area contributed by atoms with Gasteiger partial charge in [0, 0.05) is 18.7 Å². The van der Waals surface area contributed by atoms with Gasteiger partial charge in [-0.15, -0.1) is 0 Å². The van der Waals surface area contributed by atoms with Crippen molar-refractivity contribution in [3.05, 3.63) is 51.6 Å². The van der Waals surface area contributed by atoms with E-state index in [1.807, 2.05) is 0 Å². The van der Waals surface area contributed by atoms with Gasteiger partial charge in [-0.25, -0.2) is 4.79 Å². The number of carbonyl (C=O) groups excluding carboxylic acids is 2. The van der Waals surface area contributed by atoms with Gasteiger partial charge in [0.2, 0.25) is 0 Å². The summed E-state index contributed by atoms with van der Waals surface area (Å²) < 4.78 is 10.6. The first-order valence-electron chi connectivity index (χ1n) is 7.78. The third-order valence-corrected chi connectivity index (χ3v) is 5.01. The lowest BCUT2D eigenvalue weighted by atomic mass is 10.1. The predicted molar refractivity (Wildman–Crippen MR) is 101 cm³/mol. The molecule has 140 valence electrons. The molecular weight excluding hydrogens is 394 g/mol. The van der Waals surface area contributed by atoms with E-state index in [0.29, 0.717) is 17.1 Å². The van der Waals surface area contributed by atoms with Crippen LogP contribution in [0.2, 0.25) is 5.02 Å². The topological polar surface area (TPSA) is 97.1 Å². The monoisotopic (exact) mass is 407 g/mol. The molecular formula is C18H14ClNO6S. The molecule has 3 rings (SSSR count). The summed E-state index contributed by atoms with van der Waals surface area (Å²) in [7, 11) is 1.49. The molecule has 9 heteroatoms. The summed E-state index contributed by atoms with van der Waals surface area (Å²) in [6.45, 7) is 0.448. The van der Waals surface area contributed by atoms with Gasteiger partial charge in [0.15, 0.2) is 0 Å². The Morgan fingerprint density at radius 3 is 2.81 bits per heavy atom. The SMILES string of the molecule is COCCN1C(=O)S/C(=C\c2ccc(-c3ccc(Cl)c(C(=O)O)c3)o2)C1=O. The molecule has 1 aromatic carbocycles. The number of halogens is 1. The first-order chi connectivity index (χ1) is 12.9. The van der Waals surface area contributed by atoms with Gasteiger partial charge < -0.3 is 14.3 Å². The molecule has 7 nitrogen and oxygen atoms in total. The number of benzene rings is 1. The number of hydrogen-bond acceptors (Lipinski definition) is 6. The van der Waals surface area contributed by atoms with Crippen molar-refractivity contribution >= 4 is 46.6 Å². The minimum absolute atomic E-state index is 0.0358. The van der Waals surface area contributed by atoms with Gasteiger partial charge in [0.1, 0.15) is 11.5 Å². The number of thioether (sulfide) groups is 1. The van der Waals surface area contributed by atoms with E-state index in [9.17, 15) is 14.4 Å². The number of amides is 2. The summed E-state index contributed by atoms with van der Waals surface area (Å²) in [6.07, 6.45) is 1.48. The van der Waals surface area contributed by atoms with Gasteiger partial charge in [-0.2, -0.15) is 0 Å². The Bertz CT molecular complexity index is 951. The van der Waals surface area contributed by atoms with E-state index in [0.717, 1.165) is 16.7 Å². The fourth-order valence-electron chi connectivity index (χ4n) is 2.43. The van der Waals surface area contributed by atoms with Crippen molar-refractivity contribution in [2.75, 3.05) is 20.3 Å². The molecule has 0 spiro atoms. The molecule has 27 heavy (non-hydrogen) atoms. The number of imide groups is 1. The molecule has 1 fully saturated rings. The maximum atomic E-state index is 12.3. The van der Waals surface area contributed by atoms with Gasteiger partial charge >= 0.3 is 5.97 Å². The van der Waals surface area contributed by atoms with Crippen LogP contribution in [-0.4, -0.2) is 47.4 Å². The van der Waals surface area contributed by atoms with Crippen LogP contribution in [-0.2, 0) is 9.53 Å². The summed E-state index contributed by atoms with van der Waals surface area (Å²) in [5.74, 6) is -0.758. The molecule has 2 amide bonds. The van der Waals surface area contributed by atoms with Crippen LogP contribution in [0, 0.1) is 0 Å². The number of ether oxygens (including phenoxy) is 1. The van der Waals surface area contributed by atoms with Gasteiger partial charge in [-0.3, -0.25) is 14.5 Å². The molecule has 0 unspecified atom stereocenters. The number of furan rings is 1. The number of rotatable bonds is 6. The highest BCUT2D eigenvalue weighted by Gasteiger charge is 2.34. The lowest BCUT2D eigenvalue weighted by Crippen LogP contribution is -2.31. The van der Waals surface area contributed by atoms with E-state index in [1.165, 1.54) is 25.3 Å². The molecule has 1 N–H and O–H groups in total. The summed E-state index contributed by atoms with van der Waals surface area (Å²) >= 11 is 6.70. The summed E-state index contributed by atoms with van der Waals surface area (Å²) in [4.78, 5) is 36.8. The molecule has 1 aliphatic heterocycles. The Balaban J connectivity index is 1.84. The van der Waals surface area contributed by atoms with Crippen molar-refractivity contribution in [3.8, 4) is 11.3 Å². The fraction of sp³-hybridized carbons (Fsp3) is 0.167. The lowest BCUT2D eigenvalue weighted by molar-refractivity contribution is -0.123. The van der Waals surface area contributed by atoms with Crippen LogP contribution in [0.4, 0.5) is 4.79 Å². The normalized spacial score (nSPS) is 15.8. The molecule has 1 saturated heterocycles. The van der Waals surface area contributed by atoms with Gasteiger partial charge in [-0.05, 0) is 42.1 Å². The Morgan fingerprint density at radius 1 is 1.33 bits per heavy atom. The average molecular weight is 408 g/mol. The number of carboxylic acid groups (broad SMARTS) is 1. The molecule has 2 heterocycles. The second kappa shape index (κ2) is 7.99. The first-order valence-corrected chi connectivity index (χ1v) is 8.97. The minimum atomic E-state index is -1.14. The fourth-order valence-corrected chi connectivity index (χ4v) is 3.48. The minimum Gasteiger partial charge on any atom is -0.478 e. The average Bonchev–Trinajstić information content (AvgIpc) is 3.19. The number of carboxylic acids is 1. The molecule has 1 aromatic heterocycles. The van der Waals surface area contributed by atoms with E-state index in [1.54, 1.807) is 18.2 Å². The lowest BCUT2D eigenvalue weighted by Gasteiger charge is -2.10. The third kappa shape index (κ3) is 4.08. The number of methoxy groups -OCH3 is 1. The highest BCUT2D eigenvalue weighted by Crippen LogP contribution is 2.33. The van der Waals surface area contributed by atoms with Gasteiger partial charge in [-0.1, -0.05) is 11.6 Å². The number of hydrogen-bond donors (Lipinski definition) is 1. The van der Waals surface area contributed by atoms with Crippen LogP contribution in [0.1, 0.15) is 16.1 Å². The molecule has 2 aromatic rings. The van der Waals surface area contributed by atoms with Crippen molar-refractivity contribution in [2.45, 2.75) is 0 Å². The number of carbonyl (C=O) groups is 3. The van der Waals surface area contributed by atoms with Crippen LogP contribution < -0.4 is 0 Å². The summed E-state index contributed by atoms with van der Waals surface area (Å²) in [5.41, 5.74) is 0.496. The Labute approximate surface area is 163 Å². The zero-order valence-electron chi connectivity index (χ0n) is 14.1. The van der Waals surface area contributed by atoms with Crippen molar-refractivity contribution in [3.63, 3.8) is 0 Å². The first kappa shape index (κ1) is 19.2. The van der Waals surface area contributed by atoms with E-state index in [-0.39, 0.29) is 33.9 Å². The molecule has 0 saturated carbocycles. The largest absolute Gasteiger partial charge is 0.478 e. The summed E-state index contributed by atoms with van der Waals surface area (Å²) in [5, 5.41) is 8.93. The van der Waals surface area contributed by atoms with Crippen LogP contribution in [0.5, 0.6) is 0 Å². The Hall–Kier alpha value is -2.55. The Kier molecular flexibility index (Phi) is 5.69. The number of aromatic carboxylic acids is 1. The molecule has 0 aliphatic carbocycles. The quantitative estimate of drug-likeness (QED) is 0.723. The highest BCUT2D eigenvalue weighted by atomic mass is 35.5. The van der Waals surface area contributed by atoms with Crippen molar-refractivity contribution < 1.29 is 28.6 Å². The van der Waals surface area contributed by atoms with Gasteiger partial charge in [0.05, 0.1) is 28.6 Å². The van der Waals surface area contributed by atoms with Gasteiger partial charge in [0.25, 0.3) is 11.1 Å². The van der Waals surface area contributed by atoms with E-state index >= 15 is 0 Å². The zero-order chi connectivity index (χ0) is 19.6. The third-order valence-electron chi connectivity index (χ3n) is 3.77. The zero-order valence-corrected chi connectivity index (χ0v) is 15.7. The highest BCUT2D eigenvalue weighted by molar-refractivity contribution is 8.18. The second-order valence-electron chi connectivity index (χ2n) is 5.53. The smallest absolute Gasteiger partial charge is 0.337 e. The van der Waals surface area contributed by atoms with Crippen molar-refractivity contribution in [1.29, 1.82) is 0 Å². The van der Waals surface area contributed by atoms with Crippen LogP contribution in [0.3, 0.4) is 0 Å². The van der Waals surface area contributed by atoms with Crippen LogP contribution in [0.25, 0.3) is 17.4 Å². The standard InChI is InChI=1S/C18H14ClNO6S/c1-25-7-6-20-16(21)15(27-18(20)24)9-11-3-5-14(26-11)10-2-4-13(19)12(8-10)17(22)23/h2-5,8-9H,6-7H2,1H3,(H,22,23)/b15-9-. The van der Waals surface area contributed by atoms with Crippen molar-refractivity contribution in [2.24, 2.45) is 0 Å². The molecule has 0 atom stereocenters. The van der Waals surface area contributed by atoms with Crippen LogP contribution >= 0.6 is 23.4 Å². The molecule has 0 radical (unpaired) electrons. The van der Waals surface area contributed by atoms with E-state index < -0.39 is 11.9 Å².